The Kier molecular flexibility index (Phi) is 30.6. The number of nitrogens with zero attached hydrogens (tertiary/aromatic N) is 4. The topological polar surface area (TPSA) is 180 Å². The predicted molar refractivity (Wildman–Crippen MR) is 522 cm³/mol. The molecule has 0 aliphatic heterocycles. The summed E-state index contributed by atoms with van der Waals surface area (Å²) in [7, 11) is 0. The summed E-state index contributed by atoms with van der Waals surface area (Å²) in [5, 5.41) is 40.2. The summed E-state index contributed by atoms with van der Waals surface area (Å²) in [6, 6.07) is 24.1. The van der Waals surface area contributed by atoms with E-state index in [1.54, 1.807) is 12.4 Å². The van der Waals surface area contributed by atoms with Crippen LogP contribution in [0.15, 0.2) is 103 Å². The highest BCUT2D eigenvalue weighted by molar-refractivity contribution is 6.37. The monoisotopic (exact) mass is 1750 g/mol. The van der Waals surface area contributed by atoms with Crippen molar-refractivity contribution in [3.8, 4) is 0 Å². The Labute approximate surface area is 757 Å². The fourth-order valence-corrected chi connectivity index (χ4v) is 24.9. The lowest BCUT2D eigenvalue weighted by Gasteiger charge is -2.34. The molecule has 6 heterocycles. The molecule has 10 aromatic rings. The second-order valence-corrected chi connectivity index (χ2v) is 46.2. The smallest absolute Gasteiger partial charge is 0.112 e. The average molecular weight is 1760 g/mol. The molecule has 4 aromatic carbocycles. The van der Waals surface area contributed by atoms with Crippen LogP contribution in [0.1, 0.15) is 330 Å². The summed E-state index contributed by atoms with van der Waals surface area (Å²) in [5.41, 5.74) is 24.7. The molecule has 18 rings (SSSR count). The lowest BCUT2D eigenvalue weighted by Crippen LogP contribution is -2.21. The van der Waals surface area contributed by atoms with Gasteiger partial charge in [-0.05, 0) is 363 Å². The summed E-state index contributed by atoms with van der Waals surface area (Å²) < 4.78 is 0. The molecule has 8 fully saturated rings. The largest absolute Gasteiger partial charge is 0.402 e. The first-order valence-corrected chi connectivity index (χ1v) is 49.5. The number of benzene rings is 4. The van der Waals surface area contributed by atoms with Crippen LogP contribution in [0.3, 0.4) is 0 Å². The van der Waals surface area contributed by atoms with Gasteiger partial charge < -0.3 is 21.1 Å². The highest BCUT2D eigenvalue weighted by Gasteiger charge is 2.63. The van der Waals surface area contributed by atoms with E-state index in [0.29, 0.717) is 49.1 Å². The van der Waals surface area contributed by atoms with Gasteiger partial charge in [0.15, 0.2) is 0 Å². The van der Waals surface area contributed by atoms with Gasteiger partial charge in [0.1, 0.15) is 5.52 Å². The number of hydrogen-bond donors (Lipinski definition) is 7. The van der Waals surface area contributed by atoms with Crippen LogP contribution in [0.5, 0.6) is 0 Å². The lowest BCUT2D eigenvalue weighted by molar-refractivity contribution is 0.183. The number of aromatic nitrogens is 9. The molecule has 0 radical (unpaired) electrons. The number of fused-ring (bicyclic) bond motifs is 8. The van der Waals surface area contributed by atoms with Gasteiger partial charge in [-0.2, -0.15) is 15.3 Å². The van der Waals surface area contributed by atoms with Gasteiger partial charge in [0, 0.05) is 84.5 Å². The number of rotatable bonds is 25. The molecule has 8 aliphatic rings. The summed E-state index contributed by atoms with van der Waals surface area (Å²) in [4.78, 5) is 10.9. The van der Waals surface area contributed by atoms with E-state index in [9.17, 15) is 0 Å². The minimum Gasteiger partial charge on any atom is -0.402 e. The Bertz CT molecular complexity index is 4880. The quantitative estimate of drug-likeness (QED) is 0.0222. The normalized spacial score (nSPS) is 24.1. The van der Waals surface area contributed by atoms with Crippen LogP contribution in [-0.4, -0.2) is 51.3 Å². The number of aryl methyl sites for hydroxylation is 5. The summed E-state index contributed by atoms with van der Waals surface area (Å²) in [6.45, 7) is 39.4. The molecule has 0 bridgehead atoms. The van der Waals surface area contributed by atoms with Crippen molar-refractivity contribution >= 4 is 118 Å². The number of pyridine rings is 1. The maximum Gasteiger partial charge on any atom is 0.112 e. The van der Waals surface area contributed by atoms with Gasteiger partial charge in [0.05, 0.1) is 42.3 Å². The first-order chi connectivity index (χ1) is 57.9. The highest BCUT2D eigenvalue weighted by atomic mass is 35.5. The van der Waals surface area contributed by atoms with Crippen molar-refractivity contribution in [1.29, 1.82) is 5.41 Å². The molecule has 8 aliphatic carbocycles. The molecule has 122 heavy (non-hydrogen) atoms. The van der Waals surface area contributed by atoms with Crippen LogP contribution in [0.4, 0.5) is 0 Å². The first-order valence-electron chi connectivity index (χ1n) is 47.6. The second-order valence-electron chi connectivity index (χ2n) is 44.1. The molecular weight excluding hydrogens is 1600 g/mol. The van der Waals surface area contributed by atoms with Crippen LogP contribution in [-0.2, 0) is 25.7 Å². The molecule has 11 nitrogen and oxygen atoms in total. The zero-order chi connectivity index (χ0) is 87.4. The van der Waals surface area contributed by atoms with E-state index in [1.807, 2.05) is 74.5 Å². The predicted octanol–water partition coefficient (Wildman–Crippen LogP) is 32.5. The van der Waals surface area contributed by atoms with E-state index in [2.05, 4.69) is 168 Å². The van der Waals surface area contributed by atoms with Crippen LogP contribution >= 0.6 is 58.0 Å². The van der Waals surface area contributed by atoms with E-state index in [-0.39, 0.29) is 0 Å². The van der Waals surface area contributed by atoms with Crippen molar-refractivity contribution in [2.75, 3.05) is 0 Å². The molecule has 0 spiro atoms. The van der Waals surface area contributed by atoms with Gasteiger partial charge in [-0.25, -0.2) is 0 Å². The fraction of sp³-hybridized carbons (Fsp3) is 0.632. The third-order valence-electron chi connectivity index (χ3n) is 32.0. The molecule has 4 unspecified atom stereocenters. The molecule has 8 saturated carbocycles. The van der Waals surface area contributed by atoms with Crippen molar-refractivity contribution in [3.05, 3.63) is 162 Å². The van der Waals surface area contributed by atoms with Crippen molar-refractivity contribution in [3.63, 3.8) is 0 Å². The number of allylic oxidation sites excluding steroid dienone is 2. The number of hydrogen-bond acceptors (Lipinski definition) is 6. The van der Waals surface area contributed by atoms with Gasteiger partial charge >= 0.3 is 0 Å². The van der Waals surface area contributed by atoms with Crippen LogP contribution in [0.25, 0.3) is 54.5 Å². The summed E-state index contributed by atoms with van der Waals surface area (Å²) in [6.07, 6.45) is 47.5. The van der Waals surface area contributed by atoms with Crippen molar-refractivity contribution in [1.82, 2.24) is 45.5 Å². The Hall–Kier alpha value is -5.82. The number of halogens is 5. The molecule has 10 atom stereocenters. The molecule has 8 N–H and O–H groups in total. The van der Waals surface area contributed by atoms with Crippen molar-refractivity contribution < 1.29 is 0 Å². The molecule has 0 saturated heterocycles. The molecule has 664 valence electrons. The van der Waals surface area contributed by atoms with Crippen molar-refractivity contribution in [2.24, 2.45) is 103 Å². The number of nitrogens with one attached hydrogen (secondary N) is 6. The average Bonchev–Trinajstić information content (AvgIpc) is 1.56. The number of aromatic amines is 5. The van der Waals surface area contributed by atoms with Gasteiger partial charge in [-0.1, -0.05) is 211 Å². The van der Waals surface area contributed by atoms with Crippen LogP contribution < -0.4 is 5.73 Å². The van der Waals surface area contributed by atoms with E-state index in [4.69, 9.17) is 69.1 Å². The summed E-state index contributed by atoms with van der Waals surface area (Å²) in [5.74, 6) is 11.3. The Morgan fingerprint density at radius 1 is 0.484 bits per heavy atom. The number of H-pyrrole nitrogens is 5. The Balaban J connectivity index is 0.000000126. The third-order valence-corrected chi connectivity index (χ3v) is 33.5. The third kappa shape index (κ3) is 23.2. The minimum atomic E-state index is 0.437. The van der Waals surface area contributed by atoms with E-state index in [0.717, 1.165) is 172 Å². The first kappa shape index (κ1) is 93.8. The van der Waals surface area contributed by atoms with Crippen LogP contribution in [0, 0.1) is 110 Å². The highest BCUT2D eigenvalue weighted by Crippen LogP contribution is 2.71. The number of nitrogens with two attached hydrogens (primary N) is 1. The summed E-state index contributed by atoms with van der Waals surface area (Å²) >= 11 is 31.6. The maximum atomic E-state index is 7.72. The maximum absolute atomic E-state index is 7.72. The fourth-order valence-electron chi connectivity index (χ4n) is 23.5. The van der Waals surface area contributed by atoms with Crippen molar-refractivity contribution in [2.45, 2.75) is 329 Å². The van der Waals surface area contributed by atoms with Gasteiger partial charge in [-0.3, -0.25) is 20.3 Å². The van der Waals surface area contributed by atoms with E-state index < -0.39 is 0 Å². The molecule has 0 amide bonds. The van der Waals surface area contributed by atoms with E-state index in [1.165, 1.54) is 218 Å². The number of unbranched alkanes of at least 4 members (excludes halogenated alkanes) is 1. The minimum absolute atomic E-state index is 0.437. The zero-order valence-corrected chi connectivity index (χ0v) is 81.3. The van der Waals surface area contributed by atoms with Gasteiger partial charge in [-0.15, -0.1) is 0 Å². The molecule has 16 heteroatoms. The van der Waals surface area contributed by atoms with Gasteiger partial charge in [0.2, 0.25) is 0 Å². The molecular formula is C106H150Cl5N11. The Morgan fingerprint density at radius 2 is 0.918 bits per heavy atom. The van der Waals surface area contributed by atoms with E-state index >= 15 is 0 Å². The zero-order valence-electron chi connectivity index (χ0n) is 77.5. The second kappa shape index (κ2) is 39.8. The van der Waals surface area contributed by atoms with Gasteiger partial charge in [0.25, 0.3) is 0 Å². The SMILES string of the molecule is CC(=N)/C(CCCC1CCC(C)(C)CC1)=C(/C)N.CC(CCC1C[C@@H]2[C@H](C1)C2(C)C)c1[nH]nc2cccc(Cl)c12.CC1(C)CCC(CCCc2c[nH]c3cccc(Cl)c23)CC1.CC1(C)[C@@H]2CC(CCCc3[nH]nc4cccc(Cl)c34)C[C@@H]21.CC1(C)[C@@H]2CC(CCCc3[nH]nc4cncc(Cl)c34)C[C@@H]21.Cc1[nH]c2cccc(Cl)c2c1CCCCC(C)(C)C. The Morgan fingerprint density at radius 3 is 1.43 bits per heavy atom. The lowest BCUT2D eigenvalue weighted by atomic mass is 9.72. The molecule has 6 aromatic heterocycles. The van der Waals surface area contributed by atoms with Crippen LogP contribution in [0.2, 0.25) is 25.1 Å². The standard InChI is InChI=1S/C19H25ClN2.C19H26ClN.C18H23ClN2.C17H22ClN3.C17H24ClN.C16H30N2/c1-11(7-8-12-9-13-14(10-12)19(13,2)3)18-17-15(20)5-4-6-16(17)21-22-18;1-19(2)11-9-14(10-12-19)5-3-6-15-13-21-17-8-4-7-16(20)18(15)17;1-18(2)12-9-11(10-13(12)18)5-3-7-15-17-14(19)6-4-8-16(17)21-20-15;1-17(2)11-6-10(7-12(11)17)4-3-5-14-16-13(18)8-19-9-15(16)21-20-14;1-12-13(8-5-6-11-17(2,3)4)16-14(18)9-7-10-15(16)19-12;1-12(17)15(13(2)18)7-5-6-14-8-10-16(3,4)11-9-14/h4-6,11-14H,7-10H2,1-3H3,(H,21,22);4,7-8,13-14,21H,3,5-6,9-12H2,1-2H3;4,6,8,11-13H,3,5,7,9-10H2,1-2H3,(H,20,21);8-12H,3-7H2,1-2H3,(H,20,21);7,9-10,19H,5-6,8,11H2,1-4H3;14,17H,5-11,18H2,1-4H3/b;;;;;15-13-,17-12?/t11?,12?,13-,14+;;11?,12-,13+;10?,11-,12+;;.